The lowest BCUT2D eigenvalue weighted by atomic mass is 10.2. The van der Waals surface area contributed by atoms with E-state index in [1.54, 1.807) is 7.11 Å². The van der Waals surface area contributed by atoms with Crippen molar-refractivity contribution in [2.45, 2.75) is 18.6 Å². The third-order valence-corrected chi connectivity index (χ3v) is 3.54. The summed E-state index contributed by atoms with van der Waals surface area (Å²) in [5.41, 5.74) is 0.566. The number of carbonyl (C=O) groups excluding carboxylic acids is 1. The number of hydrogen-bond donors (Lipinski definition) is 2. The van der Waals surface area contributed by atoms with Crippen molar-refractivity contribution in [1.82, 2.24) is 5.32 Å². The quantitative estimate of drug-likeness (QED) is 0.895. The van der Waals surface area contributed by atoms with Crippen LogP contribution < -0.4 is 10.6 Å². The second-order valence-corrected chi connectivity index (χ2v) is 5.03. The summed E-state index contributed by atoms with van der Waals surface area (Å²) in [5.74, 6) is -0.487. The van der Waals surface area contributed by atoms with Crippen molar-refractivity contribution < 1.29 is 13.9 Å². The lowest BCUT2D eigenvalue weighted by Crippen LogP contribution is -2.35. The van der Waals surface area contributed by atoms with Crippen LogP contribution in [0, 0.1) is 5.82 Å². The minimum atomic E-state index is -0.355. The second-order valence-electron chi connectivity index (χ2n) is 4.17. The number of ether oxygens (including phenoxy) is 1. The summed E-state index contributed by atoms with van der Waals surface area (Å²) >= 11 is 3.08. The zero-order chi connectivity index (χ0) is 13.1. The number of anilines is 1. The fourth-order valence-corrected chi connectivity index (χ4v) is 2.26. The van der Waals surface area contributed by atoms with E-state index in [9.17, 15) is 9.18 Å². The highest BCUT2D eigenvalue weighted by molar-refractivity contribution is 9.10. The van der Waals surface area contributed by atoms with Crippen molar-refractivity contribution in [3.63, 3.8) is 0 Å². The topological polar surface area (TPSA) is 50.4 Å². The van der Waals surface area contributed by atoms with Gasteiger partial charge in [-0.05, 0) is 40.5 Å². The number of nitrogens with one attached hydrogen (secondary N) is 2. The third-order valence-electron chi connectivity index (χ3n) is 2.93. The van der Waals surface area contributed by atoms with Crippen LogP contribution >= 0.6 is 15.9 Å². The first-order valence-corrected chi connectivity index (χ1v) is 6.41. The van der Waals surface area contributed by atoms with Gasteiger partial charge in [0.2, 0.25) is 5.91 Å². The molecule has 1 saturated heterocycles. The molecule has 0 saturated carbocycles. The number of amides is 1. The Morgan fingerprint density at radius 2 is 2.39 bits per heavy atom. The molecule has 0 bridgehead atoms. The first kappa shape index (κ1) is 13.5. The van der Waals surface area contributed by atoms with Gasteiger partial charge >= 0.3 is 0 Å². The van der Waals surface area contributed by atoms with Crippen LogP contribution in [0.1, 0.15) is 6.42 Å². The molecule has 2 rings (SSSR count). The molecule has 6 heteroatoms. The number of hydrogen-bond acceptors (Lipinski definition) is 3. The number of benzene rings is 1. The highest BCUT2D eigenvalue weighted by Gasteiger charge is 2.29. The molecule has 2 N–H and O–H groups in total. The Hall–Kier alpha value is -0.980. The number of halogens is 2. The van der Waals surface area contributed by atoms with E-state index in [1.807, 2.05) is 0 Å². The van der Waals surface area contributed by atoms with Gasteiger partial charge < -0.3 is 15.4 Å². The Kier molecular flexibility index (Phi) is 4.31. The van der Waals surface area contributed by atoms with E-state index in [-0.39, 0.29) is 23.9 Å². The van der Waals surface area contributed by atoms with E-state index >= 15 is 0 Å². The number of carbonyl (C=O) groups is 1. The molecule has 2 atom stereocenters. The molecule has 2 unspecified atom stereocenters. The number of methoxy groups -OCH3 is 1. The average Bonchev–Trinajstić information content (AvgIpc) is 2.82. The highest BCUT2D eigenvalue weighted by atomic mass is 79.9. The van der Waals surface area contributed by atoms with Gasteiger partial charge in [-0.25, -0.2) is 4.39 Å². The van der Waals surface area contributed by atoms with Crippen LogP contribution in [0.15, 0.2) is 22.7 Å². The SMILES string of the molecule is COC1CNC(C(=O)Nc2ccc(F)c(Br)c2)C1. The standard InChI is InChI=1S/C12H14BrFN2O2/c1-18-8-5-11(15-6-8)12(17)16-7-2-3-10(14)9(13)4-7/h2-4,8,11,15H,5-6H2,1H3,(H,16,17). The molecule has 98 valence electrons. The molecular formula is C12H14BrFN2O2. The fourth-order valence-electron chi connectivity index (χ4n) is 1.89. The predicted molar refractivity (Wildman–Crippen MR) is 69.9 cm³/mol. The van der Waals surface area contributed by atoms with Gasteiger partial charge in [-0.1, -0.05) is 0 Å². The second kappa shape index (κ2) is 5.77. The van der Waals surface area contributed by atoms with E-state index in [0.29, 0.717) is 23.1 Å². The van der Waals surface area contributed by atoms with Gasteiger partial charge in [0.25, 0.3) is 0 Å². The average molecular weight is 317 g/mol. The smallest absolute Gasteiger partial charge is 0.241 e. The monoisotopic (exact) mass is 316 g/mol. The van der Waals surface area contributed by atoms with Crippen LogP contribution in [0.4, 0.5) is 10.1 Å². The number of rotatable bonds is 3. The van der Waals surface area contributed by atoms with Crippen molar-refractivity contribution in [2.75, 3.05) is 19.0 Å². The van der Waals surface area contributed by atoms with E-state index in [0.717, 1.165) is 0 Å². The van der Waals surface area contributed by atoms with Crippen molar-refractivity contribution in [2.24, 2.45) is 0 Å². The maximum absolute atomic E-state index is 13.0. The van der Waals surface area contributed by atoms with Gasteiger partial charge in [0.15, 0.2) is 0 Å². The Morgan fingerprint density at radius 3 is 3.00 bits per heavy atom. The summed E-state index contributed by atoms with van der Waals surface area (Å²) in [6, 6.07) is 4.11. The minimum absolute atomic E-state index is 0.0701. The normalized spacial score (nSPS) is 23.1. The van der Waals surface area contributed by atoms with E-state index < -0.39 is 0 Å². The molecule has 1 heterocycles. The Labute approximate surface area is 113 Å². The first-order valence-electron chi connectivity index (χ1n) is 5.62. The summed E-state index contributed by atoms with van der Waals surface area (Å²) in [6.07, 6.45) is 0.714. The van der Waals surface area contributed by atoms with Crippen LogP contribution in [0.5, 0.6) is 0 Å². The fraction of sp³-hybridized carbons (Fsp3) is 0.417. The summed E-state index contributed by atoms with van der Waals surface area (Å²) in [4.78, 5) is 11.9. The molecule has 0 aliphatic carbocycles. The van der Waals surface area contributed by atoms with Crippen molar-refractivity contribution in [3.05, 3.63) is 28.5 Å². The maximum Gasteiger partial charge on any atom is 0.241 e. The van der Waals surface area contributed by atoms with Crippen molar-refractivity contribution in [1.29, 1.82) is 0 Å². The molecule has 18 heavy (non-hydrogen) atoms. The van der Waals surface area contributed by atoms with Crippen LogP contribution in [0.25, 0.3) is 0 Å². The Morgan fingerprint density at radius 1 is 1.61 bits per heavy atom. The molecule has 1 aromatic carbocycles. The molecule has 0 spiro atoms. The maximum atomic E-state index is 13.0. The summed E-state index contributed by atoms with van der Waals surface area (Å²) in [7, 11) is 1.63. The van der Waals surface area contributed by atoms with E-state index in [2.05, 4.69) is 26.6 Å². The molecule has 1 amide bonds. The molecule has 1 aliphatic heterocycles. The van der Waals surface area contributed by atoms with E-state index in [4.69, 9.17) is 4.74 Å². The predicted octanol–water partition coefficient (Wildman–Crippen LogP) is 1.90. The van der Waals surface area contributed by atoms with Gasteiger partial charge in [-0.2, -0.15) is 0 Å². The van der Waals surface area contributed by atoms with Crippen LogP contribution in [0.3, 0.4) is 0 Å². The lowest BCUT2D eigenvalue weighted by molar-refractivity contribution is -0.118. The third kappa shape index (κ3) is 3.07. The zero-order valence-electron chi connectivity index (χ0n) is 9.87. The van der Waals surface area contributed by atoms with Crippen molar-refractivity contribution in [3.8, 4) is 0 Å². The van der Waals surface area contributed by atoms with Crippen LogP contribution in [-0.2, 0) is 9.53 Å². The molecule has 1 fully saturated rings. The highest BCUT2D eigenvalue weighted by Crippen LogP contribution is 2.20. The lowest BCUT2D eigenvalue weighted by Gasteiger charge is -2.11. The van der Waals surface area contributed by atoms with Crippen LogP contribution in [0.2, 0.25) is 0 Å². The molecule has 4 nitrogen and oxygen atoms in total. The van der Waals surface area contributed by atoms with Gasteiger partial charge in [0.1, 0.15) is 5.82 Å². The van der Waals surface area contributed by atoms with Gasteiger partial charge in [-0.15, -0.1) is 0 Å². The van der Waals surface area contributed by atoms with Gasteiger partial charge in [0, 0.05) is 19.3 Å². The Balaban J connectivity index is 1.97. The first-order chi connectivity index (χ1) is 8.60. The van der Waals surface area contributed by atoms with Crippen LogP contribution in [-0.4, -0.2) is 31.7 Å². The largest absolute Gasteiger partial charge is 0.380 e. The summed E-state index contributed by atoms with van der Waals surface area (Å²) in [5, 5.41) is 5.82. The molecular weight excluding hydrogens is 303 g/mol. The van der Waals surface area contributed by atoms with Gasteiger partial charge in [-0.3, -0.25) is 4.79 Å². The summed E-state index contributed by atoms with van der Waals surface area (Å²) < 4.78 is 18.6. The minimum Gasteiger partial charge on any atom is -0.380 e. The van der Waals surface area contributed by atoms with Crippen molar-refractivity contribution >= 4 is 27.5 Å². The van der Waals surface area contributed by atoms with Gasteiger partial charge in [0.05, 0.1) is 16.6 Å². The Bertz CT molecular complexity index is 456. The molecule has 1 aliphatic rings. The van der Waals surface area contributed by atoms with E-state index in [1.165, 1.54) is 18.2 Å². The summed E-state index contributed by atoms with van der Waals surface area (Å²) in [6.45, 7) is 0.668. The molecule has 0 aromatic heterocycles. The molecule has 0 radical (unpaired) electrons. The zero-order valence-corrected chi connectivity index (χ0v) is 11.5. The molecule has 1 aromatic rings.